The summed E-state index contributed by atoms with van der Waals surface area (Å²) in [6.45, 7) is 1.61. The van der Waals surface area contributed by atoms with Crippen LogP contribution in [0.25, 0.3) is 0 Å². The lowest BCUT2D eigenvalue weighted by Gasteiger charge is -2.33. The molecule has 1 aliphatic rings. The van der Waals surface area contributed by atoms with Gasteiger partial charge in [0.2, 0.25) is 0 Å². The zero-order valence-corrected chi connectivity index (χ0v) is 12.7. The van der Waals surface area contributed by atoms with Crippen LogP contribution in [-0.2, 0) is 9.53 Å². The average Bonchev–Trinajstić information content (AvgIpc) is 2.58. The number of primary amides is 1. The van der Waals surface area contributed by atoms with Crippen LogP contribution in [-0.4, -0.2) is 43.2 Å². The molecule has 3 N–H and O–H groups in total. The molecule has 0 saturated carbocycles. The Kier molecular flexibility index (Phi) is 5.74. The second kappa shape index (κ2) is 7.98. The lowest BCUT2D eigenvalue weighted by molar-refractivity contribution is -0.120. The van der Waals surface area contributed by atoms with Gasteiger partial charge in [-0.2, -0.15) is 5.26 Å². The predicted octanol–water partition coefficient (Wildman–Crippen LogP) is 0.381. The summed E-state index contributed by atoms with van der Waals surface area (Å²) in [6, 6.07) is 5.65. The minimum atomic E-state index is -0.683. The number of nitrogens with two attached hydrogens (primary N) is 1. The largest absolute Gasteiger partial charge is 0.439 e. The fourth-order valence-electron chi connectivity index (χ4n) is 2.50. The van der Waals surface area contributed by atoms with Crippen molar-refractivity contribution in [2.45, 2.75) is 12.8 Å². The smallest absolute Gasteiger partial charge is 0.407 e. The summed E-state index contributed by atoms with van der Waals surface area (Å²) < 4.78 is 4.63. The van der Waals surface area contributed by atoms with Crippen molar-refractivity contribution in [2.75, 3.05) is 31.1 Å². The van der Waals surface area contributed by atoms with Crippen LogP contribution in [0.4, 0.5) is 10.6 Å². The van der Waals surface area contributed by atoms with Gasteiger partial charge in [-0.25, -0.2) is 9.78 Å². The molecule has 8 heteroatoms. The normalized spacial score (nSPS) is 14.8. The molecule has 0 spiro atoms. The lowest BCUT2D eigenvalue weighted by Crippen LogP contribution is -2.39. The molecule has 23 heavy (non-hydrogen) atoms. The van der Waals surface area contributed by atoms with E-state index in [1.807, 2.05) is 0 Å². The van der Waals surface area contributed by atoms with E-state index in [-0.39, 0.29) is 0 Å². The van der Waals surface area contributed by atoms with E-state index in [1.54, 1.807) is 18.3 Å². The Balaban J connectivity index is 1.77. The van der Waals surface area contributed by atoms with Crippen molar-refractivity contribution in [1.29, 1.82) is 5.26 Å². The van der Waals surface area contributed by atoms with Gasteiger partial charge in [0.15, 0.2) is 6.61 Å². The Bertz CT molecular complexity index is 605. The summed E-state index contributed by atoms with van der Waals surface area (Å²) in [6.07, 6.45) is 2.79. The van der Waals surface area contributed by atoms with Crippen molar-refractivity contribution in [3.05, 3.63) is 23.9 Å². The Morgan fingerprint density at radius 2 is 2.22 bits per heavy atom. The fourth-order valence-corrected chi connectivity index (χ4v) is 2.50. The second-order valence-electron chi connectivity index (χ2n) is 5.34. The second-order valence-corrected chi connectivity index (χ2v) is 5.34. The summed E-state index contributed by atoms with van der Waals surface area (Å²) in [4.78, 5) is 28.2. The number of ether oxygens (including phenoxy) is 1. The summed E-state index contributed by atoms with van der Waals surface area (Å²) in [7, 11) is 0. The van der Waals surface area contributed by atoms with E-state index in [4.69, 9.17) is 11.0 Å². The Hall–Kier alpha value is -2.82. The molecule has 122 valence electrons. The van der Waals surface area contributed by atoms with Crippen molar-refractivity contribution in [3.63, 3.8) is 0 Å². The zero-order chi connectivity index (χ0) is 16.7. The molecule has 2 amide bonds. The molecule has 0 radical (unpaired) electrons. The molecule has 1 aromatic rings. The number of hydrogen-bond acceptors (Lipinski definition) is 6. The summed E-state index contributed by atoms with van der Waals surface area (Å²) in [5.41, 5.74) is 5.46. The van der Waals surface area contributed by atoms with Crippen molar-refractivity contribution in [3.8, 4) is 6.07 Å². The van der Waals surface area contributed by atoms with Gasteiger partial charge in [-0.3, -0.25) is 4.79 Å². The summed E-state index contributed by atoms with van der Waals surface area (Å²) >= 11 is 0. The minimum absolute atomic E-state index is 0.321. The number of nitrogens with zero attached hydrogens (tertiary/aromatic N) is 3. The molecule has 0 unspecified atom stereocenters. The van der Waals surface area contributed by atoms with Gasteiger partial charge < -0.3 is 20.7 Å². The third kappa shape index (κ3) is 4.85. The molecule has 1 aliphatic heterocycles. The van der Waals surface area contributed by atoms with E-state index in [9.17, 15) is 9.59 Å². The van der Waals surface area contributed by atoms with Gasteiger partial charge in [-0.1, -0.05) is 0 Å². The number of nitrogens with one attached hydrogen (secondary N) is 1. The van der Waals surface area contributed by atoms with Crippen LogP contribution in [0.2, 0.25) is 0 Å². The highest BCUT2D eigenvalue weighted by Gasteiger charge is 2.22. The van der Waals surface area contributed by atoms with Crippen LogP contribution in [0.1, 0.15) is 18.4 Å². The summed E-state index contributed by atoms with van der Waals surface area (Å²) in [5, 5.41) is 11.8. The van der Waals surface area contributed by atoms with E-state index in [0.717, 1.165) is 25.9 Å². The molecule has 0 aliphatic carbocycles. The lowest BCUT2D eigenvalue weighted by atomic mass is 9.96. The maximum Gasteiger partial charge on any atom is 0.407 e. The monoisotopic (exact) mass is 317 g/mol. The van der Waals surface area contributed by atoms with E-state index in [2.05, 4.69) is 26.0 Å². The van der Waals surface area contributed by atoms with Crippen molar-refractivity contribution < 1.29 is 14.3 Å². The van der Waals surface area contributed by atoms with Gasteiger partial charge in [0.25, 0.3) is 5.91 Å². The van der Waals surface area contributed by atoms with Crippen molar-refractivity contribution in [1.82, 2.24) is 10.3 Å². The number of rotatable bonds is 5. The Labute approximate surface area is 134 Å². The maximum absolute atomic E-state index is 11.4. The van der Waals surface area contributed by atoms with E-state index in [1.165, 1.54) is 0 Å². The van der Waals surface area contributed by atoms with Gasteiger partial charge >= 0.3 is 6.09 Å². The Morgan fingerprint density at radius 3 is 2.87 bits per heavy atom. The third-order valence-corrected chi connectivity index (χ3v) is 3.70. The van der Waals surface area contributed by atoms with Crippen molar-refractivity contribution in [2.24, 2.45) is 11.7 Å². The molecular weight excluding hydrogens is 298 g/mol. The molecule has 1 aromatic heterocycles. The highest BCUT2D eigenvalue weighted by molar-refractivity contribution is 5.78. The highest BCUT2D eigenvalue weighted by Crippen LogP contribution is 2.23. The molecule has 8 nitrogen and oxygen atoms in total. The minimum Gasteiger partial charge on any atom is -0.439 e. The van der Waals surface area contributed by atoms with Crippen LogP contribution in [0.15, 0.2) is 18.3 Å². The van der Waals surface area contributed by atoms with E-state index >= 15 is 0 Å². The average molecular weight is 317 g/mol. The molecule has 0 atom stereocenters. The first-order valence-corrected chi connectivity index (χ1v) is 7.39. The number of carbonyl (C=O) groups excluding carboxylic acids is 2. The van der Waals surface area contributed by atoms with E-state index in [0.29, 0.717) is 23.8 Å². The van der Waals surface area contributed by atoms with Crippen LogP contribution in [0.3, 0.4) is 0 Å². The molecular formula is C15H19N5O3. The molecule has 2 heterocycles. The number of aromatic nitrogens is 1. The number of pyridine rings is 1. The van der Waals surface area contributed by atoms with Gasteiger partial charge in [-0.15, -0.1) is 0 Å². The number of carbonyl (C=O) groups is 2. The van der Waals surface area contributed by atoms with Gasteiger partial charge in [0.1, 0.15) is 11.9 Å². The molecule has 2 rings (SSSR count). The van der Waals surface area contributed by atoms with Gasteiger partial charge in [0.05, 0.1) is 5.56 Å². The SMILES string of the molecule is N#Cc1cccnc1N1CCC(CNC(=O)OCC(N)=O)CC1. The number of hydrogen-bond donors (Lipinski definition) is 2. The van der Waals surface area contributed by atoms with Crippen molar-refractivity contribution >= 4 is 17.8 Å². The molecule has 1 saturated heterocycles. The number of piperidine rings is 1. The first-order chi connectivity index (χ1) is 11.1. The predicted molar refractivity (Wildman–Crippen MR) is 82.4 cm³/mol. The van der Waals surface area contributed by atoms with Gasteiger partial charge in [0, 0.05) is 25.8 Å². The zero-order valence-electron chi connectivity index (χ0n) is 12.7. The quantitative estimate of drug-likeness (QED) is 0.809. The van der Waals surface area contributed by atoms with E-state index < -0.39 is 18.6 Å². The topological polar surface area (TPSA) is 121 Å². The molecule has 0 aromatic carbocycles. The van der Waals surface area contributed by atoms with Crippen LogP contribution in [0, 0.1) is 17.2 Å². The molecule has 1 fully saturated rings. The highest BCUT2D eigenvalue weighted by atomic mass is 16.6. The number of nitriles is 1. The number of anilines is 1. The van der Waals surface area contributed by atoms with Crippen LogP contribution < -0.4 is 16.0 Å². The van der Waals surface area contributed by atoms with Gasteiger partial charge in [-0.05, 0) is 30.9 Å². The Morgan fingerprint density at radius 1 is 1.48 bits per heavy atom. The standard InChI is InChI=1S/C15H19N5O3/c16-8-12-2-1-5-18-14(12)20-6-3-11(4-7-20)9-19-15(22)23-10-13(17)21/h1-2,5,11H,3-4,6-7,9-10H2,(H2,17,21)(H,19,22). The maximum atomic E-state index is 11.4. The third-order valence-electron chi connectivity index (χ3n) is 3.70. The first-order valence-electron chi connectivity index (χ1n) is 7.39. The summed E-state index contributed by atoms with van der Waals surface area (Å²) in [5.74, 6) is 0.348. The first kappa shape index (κ1) is 16.5. The van der Waals surface area contributed by atoms with Crippen LogP contribution in [0.5, 0.6) is 0 Å². The number of amides is 2. The molecule has 0 bridgehead atoms. The number of alkyl carbamates (subject to hydrolysis) is 1. The fraction of sp³-hybridized carbons (Fsp3) is 0.467. The van der Waals surface area contributed by atoms with Crippen LogP contribution >= 0.6 is 0 Å².